The fourth-order valence-electron chi connectivity index (χ4n) is 4.00. The molecule has 0 saturated carbocycles. The average molecular weight is 637 g/mol. The molecule has 0 aromatic heterocycles. The van der Waals surface area contributed by atoms with Crippen LogP contribution in [0.3, 0.4) is 0 Å². The molecule has 7 nitrogen and oxygen atoms in total. The number of hydrogen-bond donors (Lipinski definition) is 1. The zero-order valence-electron chi connectivity index (χ0n) is 23.7. The summed E-state index contributed by atoms with van der Waals surface area (Å²) in [5, 5.41) is 3.59. The zero-order valence-corrected chi connectivity index (χ0v) is 26.9. The van der Waals surface area contributed by atoms with Gasteiger partial charge in [0.15, 0.2) is 0 Å². The molecule has 0 aliphatic rings. The van der Waals surface area contributed by atoms with Gasteiger partial charge < -0.3 is 10.2 Å². The fourth-order valence-corrected chi connectivity index (χ4v) is 6.14. The van der Waals surface area contributed by atoms with E-state index in [-0.39, 0.29) is 23.4 Å². The van der Waals surface area contributed by atoms with Crippen LogP contribution in [0.25, 0.3) is 0 Å². The smallest absolute Gasteiger partial charge is 0.264 e. The number of rotatable bonds is 12. The van der Waals surface area contributed by atoms with E-state index in [0.717, 1.165) is 14.8 Å². The number of thioether (sulfide) groups is 1. The number of nitrogens with zero attached hydrogens (tertiary/aromatic N) is 2. The van der Waals surface area contributed by atoms with Gasteiger partial charge in [-0.1, -0.05) is 53.9 Å². The highest BCUT2D eigenvalue weighted by Crippen LogP contribution is 2.27. The van der Waals surface area contributed by atoms with E-state index in [0.29, 0.717) is 27.7 Å². The molecule has 2 atom stereocenters. The third-order valence-electron chi connectivity index (χ3n) is 6.75. The molecule has 0 aliphatic heterocycles. The molecule has 0 saturated heterocycles. The summed E-state index contributed by atoms with van der Waals surface area (Å²) in [4.78, 5) is 29.5. The van der Waals surface area contributed by atoms with Crippen molar-refractivity contribution in [1.82, 2.24) is 10.2 Å². The number of benzene rings is 3. The number of sulfonamides is 1. The van der Waals surface area contributed by atoms with Crippen LogP contribution in [0, 0.1) is 6.92 Å². The largest absolute Gasteiger partial charge is 0.352 e. The molecule has 0 bridgehead atoms. The number of nitrogens with one attached hydrogen (secondary N) is 1. The van der Waals surface area contributed by atoms with E-state index in [2.05, 4.69) is 5.32 Å². The van der Waals surface area contributed by atoms with E-state index in [9.17, 15) is 18.0 Å². The molecule has 220 valence electrons. The van der Waals surface area contributed by atoms with Crippen molar-refractivity contribution in [2.24, 2.45) is 0 Å². The lowest BCUT2D eigenvalue weighted by molar-refractivity contribution is -0.139. The van der Waals surface area contributed by atoms with Crippen LogP contribution >= 0.6 is 35.0 Å². The lowest BCUT2D eigenvalue weighted by Gasteiger charge is -2.32. The van der Waals surface area contributed by atoms with Crippen molar-refractivity contribution in [2.45, 2.75) is 62.5 Å². The highest BCUT2D eigenvalue weighted by molar-refractivity contribution is 7.98. The number of aryl methyl sites for hydroxylation is 1. The van der Waals surface area contributed by atoms with Crippen molar-refractivity contribution in [3.05, 3.63) is 87.9 Å². The molecule has 11 heteroatoms. The van der Waals surface area contributed by atoms with Crippen LogP contribution in [-0.2, 0) is 26.2 Å². The minimum Gasteiger partial charge on any atom is -0.352 e. The summed E-state index contributed by atoms with van der Waals surface area (Å²) in [5.41, 5.74) is 1.93. The standard InChI is InChI=1S/C30H35Cl2N3O4S2/c1-6-21(3)33-30(37)22(4)34(18-23-9-16-27(31)28(32)17-23)29(36)19-35(24-10-7-20(2)8-11-24)41(38,39)26-14-12-25(40-5)13-15-26/h7-17,21-22H,6,18-19H2,1-5H3,(H,33,37)/t21-,22-/m0/s1. The van der Waals surface area contributed by atoms with Crippen LogP contribution in [-0.4, -0.2) is 50.0 Å². The van der Waals surface area contributed by atoms with Crippen LogP contribution in [0.5, 0.6) is 0 Å². The average Bonchev–Trinajstić information content (AvgIpc) is 2.96. The van der Waals surface area contributed by atoms with Crippen LogP contribution in [0.1, 0.15) is 38.3 Å². The number of hydrogen-bond acceptors (Lipinski definition) is 5. The number of anilines is 1. The first-order chi connectivity index (χ1) is 19.4. The molecule has 0 radical (unpaired) electrons. The molecule has 3 aromatic rings. The van der Waals surface area contributed by atoms with E-state index in [1.165, 1.54) is 28.8 Å². The second-order valence-electron chi connectivity index (χ2n) is 9.79. The zero-order chi connectivity index (χ0) is 30.3. The van der Waals surface area contributed by atoms with Crippen LogP contribution < -0.4 is 9.62 Å². The lowest BCUT2D eigenvalue weighted by atomic mass is 10.1. The topological polar surface area (TPSA) is 86.8 Å². The third-order valence-corrected chi connectivity index (χ3v) is 10.0. The second-order valence-corrected chi connectivity index (χ2v) is 13.3. The Morgan fingerprint density at radius 2 is 1.59 bits per heavy atom. The Morgan fingerprint density at radius 1 is 0.951 bits per heavy atom. The van der Waals surface area contributed by atoms with E-state index >= 15 is 0 Å². The Labute approximate surface area is 257 Å². The van der Waals surface area contributed by atoms with Gasteiger partial charge in [0.2, 0.25) is 11.8 Å². The molecule has 2 amide bonds. The highest BCUT2D eigenvalue weighted by atomic mass is 35.5. The second kappa shape index (κ2) is 14.4. The summed E-state index contributed by atoms with van der Waals surface area (Å²) in [6.45, 7) is 6.85. The number of halogens is 2. The van der Waals surface area contributed by atoms with Crippen molar-refractivity contribution < 1.29 is 18.0 Å². The predicted molar refractivity (Wildman–Crippen MR) is 168 cm³/mol. The maximum atomic E-state index is 14.0. The Balaban J connectivity index is 2.03. The minimum absolute atomic E-state index is 0.0228. The van der Waals surface area contributed by atoms with E-state index in [1.807, 2.05) is 27.0 Å². The minimum atomic E-state index is -4.14. The molecule has 0 aliphatic carbocycles. The van der Waals surface area contributed by atoms with E-state index in [4.69, 9.17) is 23.2 Å². The number of carbonyl (C=O) groups is 2. The molecular weight excluding hydrogens is 601 g/mol. The molecule has 41 heavy (non-hydrogen) atoms. The lowest BCUT2D eigenvalue weighted by Crippen LogP contribution is -2.52. The van der Waals surface area contributed by atoms with E-state index in [1.54, 1.807) is 61.5 Å². The Kier molecular flexibility index (Phi) is 11.6. The van der Waals surface area contributed by atoms with Crippen LogP contribution in [0.4, 0.5) is 5.69 Å². The van der Waals surface area contributed by atoms with Gasteiger partial charge in [-0.05, 0) is 87.5 Å². The van der Waals surface area contributed by atoms with Gasteiger partial charge in [-0.3, -0.25) is 13.9 Å². The predicted octanol–water partition coefficient (Wildman–Crippen LogP) is 6.55. The van der Waals surface area contributed by atoms with Crippen molar-refractivity contribution >= 4 is 62.5 Å². The van der Waals surface area contributed by atoms with Gasteiger partial charge in [0.25, 0.3) is 10.0 Å². The summed E-state index contributed by atoms with van der Waals surface area (Å²) in [7, 11) is -4.14. The maximum Gasteiger partial charge on any atom is 0.264 e. The first-order valence-corrected chi connectivity index (χ1v) is 16.6. The van der Waals surface area contributed by atoms with Crippen molar-refractivity contribution in [3.8, 4) is 0 Å². The normalized spacial score (nSPS) is 12.9. The van der Waals surface area contributed by atoms with E-state index < -0.39 is 28.5 Å². The Bertz CT molecular complexity index is 1470. The number of amides is 2. The summed E-state index contributed by atoms with van der Waals surface area (Å²) in [5.74, 6) is -0.891. The van der Waals surface area contributed by atoms with Crippen molar-refractivity contribution in [1.29, 1.82) is 0 Å². The summed E-state index contributed by atoms with van der Waals surface area (Å²) >= 11 is 13.8. The van der Waals surface area contributed by atoms with Crippen LogP contribution in [0.15, 0.2) is 76.5 Å². The Morgan fingerprint density at radius 3 is 2.15 bits per heavy atom. The molecule has 3 rings (SSSR count). The van der Waals surface area contributed by atoms with Gasteiger partial charge in [-0.2, -0.15) is 0 Å². The summed E-state index contributed by atoms with van der Waals surface area (Å²) in [6, 6.07) is 17.4. The molecule has 0 heterocycles. The number of carbonyl (C=O) groups excluding carboxylic acids is 2. The van der Waals surface area contributed by atoms with Crippen molar-refractivity contribution in [2.75, 3.05) is 17.1 Å². The van der Waals surface area contributed by atoms with Gasteiger partial charge in [-0.25, -0.2) is 8.42 Å². The highest BCUT2D eigenvalue weighted by Gasteiger charge is 2.33. The molecule has 0 fully saturated rings. The molecule has 0 unspecified atom stereocenters. The molecule has 3 aromatic carbocycles. The SMILES string of the molecule is CC[C@H](C)NC(=O)[C@H](C)N(Cc1ccc(Cl)c(Cl)c1)C(=O)CN(c1ccc(C)cc1)S(=O)(=O)c1ccc(SC)cc1. The first kappa shape index (κ1) is 32.8. The van der Waals surface area contributed by atoms with Crippen molar-refractivity contribution in [3.63, 3.8) is 0 Å². The first-order valence-electron chi connectivity index (χ1n) is 13.1. The van der Waals surface area contributed by atoms with Gasteiger partial charge >= 0.3 is 0 Å². The van der Waals surface area contributed by atoms with Gasteiger partial charge in [0, 0.05) is 17.5 Å². The quantitative estimate of drug-likeness (QED) is 0.228. The molecule has 1 N–H and O–H groups in total. The van der Waals surface area contributed by atoms with Gasteiger partial charge in [-0.15, -0.1) is 11.8 Å². The van der Waals surface area contributed by atoms with Gasteiger partial charge in [0.05, 0.1) is 20.6 Å². The molecule has 0 spiro atoms. The summed E-state index contributed by atoms with van der Waals surface area (Å²) in [6.07, 6.45) is 2.62. The maximum absolute atomic E-state index is 14.0. The monoisotopic (exact) mass is 635 g/mol. The third kappa shape index (κ3) is 8.41. The van der Waals surface area contributed by atoms with Crippen LogP contribution in [0.2, 0.25) is 10.0 Å². The fraction of sp³-hybridized carbons (Fsp3) is 0.333. The summed E-state index contributed by atoms with van der Waals surface area (Å²) < 4.78 is 29.0. The Hall–Kier alpha value is -2.72. The molecular formula is C30H35Cl2N3O4S2. The van der Waals surface area contributed by atoms with Gasteiger partial charge in [0.1, 0.15) is 12.6 Å².